The number of rotatable bonds is 3. The van der Waals surface area contributed by atoms with Crippen molar-refractivity contribution < 1.29 is 32.3 Å². The fourth-order valence-electron chi connectivity index (χ4n) is 4.37. The normalized spacial score (nSPS) is 26.4. The molecule has 0 spiro atoms. The van der Waals surface area contributed by atoms with Crippen LogP contribution in [0, 0.1) is 11.7 Å². The van der Waals surface area contributed by atoms with Gasteiger partial charge in [-0.3, -0.25) is 9.69 Å². The number of carboxylic acid groups (broad SMARTS) is 1. The van der Waals surface area contributed by atoms with Crippen LogP contribution in [0.15, 0.2) is 24.3 Å². The molecule has 1 aromatic rings. The molecule has 1 aromatic carbocycles. The summed E-state index contributed by atoms with van der Waals surface area (Å²) in [5.41, 5.74) is 0.692. The molecule has 9 heteroatoms. The summed E-state index contributed by atoms with van der Waals surface area (Å²) >= 11 is 0. The number of alkyl halides is 3. The maximum absolute atomic E-state index is 13.4. The summed E-state index contributed by atoms with van der Waals surface area (Å²) in [5.74, 6) is -1.97. The Bertz CT molecular complexity index is 741. The van der Waals surface area contributed by atoms with Crippen LogP contribution in [0.2, 0.25) is 0 Å². The fourth-order valence-corrected chi connectivity index (χ4v) is 4.37. The molecule has 5 nitrogen and oxygen atoms in total. The van der Waals surface area contributed by atoms with Gasteiger partial charge in [0.05, 0.1) is 0 Å². The number of amides is 1. The highest BCUT2D eigenvalue weighted by Gasteiger charge is 2.61. The van der Waals surface area contributed by atoms with Crippen molar-refractivity contribution in [3.8, 4) is 0 Å². The van der Waals surface area contributed by atoms with Crippen molar-refractivity contribution in [2.24, 2.45) is 5.92 Å². The Kier molecular flexibility index (Phi) is 5.65. The maximum atomic E-state index is 13.4. The van der Waals surface area contributed by atoms with Gasteiger partial charge in [-0.25, -0.2) is 9.18 Å². The molecule has 0 atom stereocenters. The lowest BCUT2D eigenvalue weighted by Gasteiger charge is -2.43. The van der Waals surface area contributed by atoms with Gasteiger partial charge in [-0.05, 0) is 49.3 Å². The van der Waals surface area contributed by atoms with Gasteiger partial charge in [-0.1, -0.05) is 12.1 Å². The summed E-state index contributed by atoms with van der Waals surface area (Å²) < 4.78 is 45.1. The van der Waals surface area contributed by atoms with Crippen LogP contribution >= 0.6 is 0 Å². The topological polar surface area (TPSA) is 60.9 Å². The number of carbonyl (C=O) groups excluding carboxylic acids is 1. The number of benzene rings is 1. The highest BCUT2D eigenvalue weighted by Crippen LogP contribution is 2.52. The largest absolute Gasteiger partial charge is 0.490 e. The zero-order valence-corrected chi connectivity index (χ0v) is 15.2. The third kappa shape index (κ3) is 4.14. The quantitative estimate of drug-likeness (QED) is 0.790. The van der Waals surface area contributed by atoms with E-state index in [4.69, 9.17) is 9.90 Å². The minimum absolute atomic E-state index is 0.195. The molecule has 3 aliphatic heterocycles. The van der Waals surface area contributed by atoms with Crippen molar-refractivity contribution in [2.75, 3.05) is 19.6 Å². The number of nitrogens with zero attached hydrogens (tertiary/aromatic N) is 2. The lowest BCUT2D eigenvalue weighted by molar-refractivity contribution is -0.192. The molecule has 5 rings (SSSR count). The number of halogens is 4. The molecule has 4 aliphatic rings. The molecule has 4 fully saturated rings. The molecular formula is C19H22F4N2O3. The van der Waals surface area contributed by atoms with Crippen molar-refractivity contribution in [2.45, 2.75) is 43.9 Å². The lowest BCUT2D eigenvalue weighted by Crippen LogP contribution is -2.57. The number of carboxylic acids is 1. The first kappa shape index (κ1) is 20.6. The Balaban J connectivity index is 0.000000279. The van der Waals surface area contributed by atoms with Gasteiger partial charge in [0.2, 0.25) is 5.91 Å². The van der Waals surface area contributed by atoms with E-state index in [1.807, 2.05) is 11.0 Å². The SMILES string of the molecule is O=C(N1CCCC1)C12CC(CN1Cc1cccc(F)c1)C2.O=C(O)C(F)(F)F. The number of hydrogen-bond donors (Lipinski definition) is 1. The van der Waals surface area contributed by atoms with Crippen LogP contribution in [0.1, 0.15) is 31.2 Å². The predicted octanol–water partition coefficient (Wildman–Crippen LogP) is 3.05. The van der Waals surface area contributed by atoms with Crippen LogP contribution in [0.4, 0.5) is 17.6 Å². The molecule has 0 unspecified atom stereocenters. The zero-order valence-electron chi connectivity index (χ0n) is 15.2. The van der Waals surface area contributed by atoms with Gasteiger partial charge in [0.1, 0.15) is 11.4 Å². The average Bonchev–Trinajstić information content (AvgIpc) is 3.28. The van der Waals surface area contributed by atoms with Crippen LogP contribution in [0.25, 0.3) is 0 Å². The van der Waals surface area contributed by atoms with Crippen LogP contribution in [-0.4, -0.2) is 58.1 Å². The predicted molar refractivity (Wildman–Crippen MR) is 91.8 cm³/mol. The van der Waals surface area contributed by atoms with Crippen molar-refractivity contribution >= 4 is 11.9 Å². The average molecular weight is 402 g/mol. The molecular weight excluding hydrogens is 380 g/mol. The van der Waals surface area contributed by atoms with Crippen molar-refractivity contribution in [1.29, 1.82) is 0 Å². The summed E-state index contributed by atoms with van der Waals surface area (Å²) in [7, 11) is 0. The summed E-state index contributed by atoms with van der Waals surface area (Å²) in [6.45, 7) is 3.50. The van der Waals surface area contributed by atoms with Gasteiger partial charge in [0, 0.05) is 26.2 Å². The van der Waals surface area contributed by atoms with Gasteiger partial charge in [0.15, 0.2) is 0 Å². The van der Waals surface area contributed by atoms with Gasteiger partial charge in [-0.15, -0.1) is 0 Å². The molecule has 1 saturated carbocycles. The number of aliphatic carboxylic acids is 1. The Morgan fingerprint density at radius 3 is 2.32 bits per heavy atom. The molecule has 3 heterocycles. The Morgan fingerprint density at radius 1 is 1.18 bits per heavy atom. The first-order valence-corrected chi connectivity index (χ1v) is 9.21. The molecule has 3 saturated heterocycles. The Labute approximate surface area is 159 Å². The molecule has 28 heavy (non-hydrogen) atoms. The smallest absolute Gasteiger partial charge is 0.475 e. The standard InChI is InChI=1S/C17H21FN2O.C2HF3O2/c18-15-5-3-4-13(8-15)11-20-12-14-9-17(20,10-14)16(21)19-6-1-2-7-19;3-2(4,5)1(6)7/h3-5,8,14H,1-2,6-7,9-12H2;(H,6,7). The van der Waals surface area contributed by atoms with E-state index in [9.17, 15) is 22.4 Å². The third-order valence-corrected chi connectivity index (χ3v) is 5.63. The number of likely N-dealkylation sites (tertiary alicyclic amines) is 1. The number of hydrogen-bond acceptors (Lipinski definition) is 3. The van der Waals surface area contributed by atoms with Gasteiger partial charge in [-0.2, -0.15) is 13.2 Å². The molecule has 0 aromatic heterocycles. The highest BCUT2D eigenvalue weighted by molar-refractivity contribution is 5.88. The number of carbonyl (C=O) groups is 2. The molecule has 1 amide bonds. The summed E-state index contributed by atoms with van der Waals surface area (Å²) in [4.78, 5) is 26.1. The molecule has 1 N–H and O–H groups in total. The van der Waals surface area contributed by atoms with Crippen molar-refractivity contribution in [1.82, 2.24) is 9.80 Å². The summed E-state index contributed by atoms with van der Waals surface area (Å²) in [6, 6.07) is 6.76. The van der Waals surface area contributed by atoms with E-state index in [0.29, 0.717) is 18.4 Å². The molecule has 154 valence electrons. The minimum atomic E-state index is -5.08. The van der Waals surface area contributed by atoms with Crippen molar-refractivity contribution in [3.05, 3.63) is 35.6 Å². The second kappa shape index (κ2) is 7.69. The van der Waals surface area contributed by atoms with E-state index in [-0.39, 0.29) is 11.4 Å². The van der Waals surface area contributed by atoms with Crippen LogP contribution in [0.3, 0.4) is 0 Å². The van der Waals surface area contributed by atoms with E-state index < -0.39 is 12.1 Å². The monoisotopic (exact) mass is 402 g/mol. The van der Waals surface area contributed by atoms with Crippen molar-refractivity contribution in [3.63, 3.8) is 0 Å². The minimum Gasteiger partial charge on any atom is -0.475 e. The Hall–Kier alpha value is -2.16. The van der Waals surface area contributed by atoms with Crippen LogP contribution in [-0.2, 0) is 16.1 Å². The maximum Gasteiger partial charge on any atom is 0.490 e. The van der Waals surface area contributed by atoms with Gasteiger partial charge < -0.3 is 10.0 Å². The first-order chi connectivity index (χ1) is 13.1. The van der Waals surface area contributed by atoms with E-state index >= 15 is 0 Å². The zero-order chi connectivity index (χ0) is 20.5. The van der Waals surface area contributed by atoms with E-state index in [1.165, 1.54) is 6.07 Å². The second-order valence-corrected chi connectivity index (χ2v) is 7.62. The van der Waals surface area contributed by atoms with E-state index in [0.717, 1.165) is 50.9 Å². The van der Waals surface area contributed by atoms with Crippen LogP contribution < -0.4 is 0 Å². The fraction of sp³-hybridized carbons (Fsp3) is 0.579. The summed E-state index contributed by atoms with van der Waals surface area (Å²) in [6.07, 6.45) is -0.820. The molecule has 0 radical (unpaired) electrons. The van der Waals surface area contributed by atoms with E-state index in [1.54, 1.807) is 12.1 Å². The third-order valence-electron chi connectivity index (χ3n) is 5.63. The highest BCUT2D eigenvalue weighted by atomic mass is 19.4. The lowest BCUT2D eigenvalue weighted by atomic mass is 9.72. The summed E-state index contributed by atoms with van der Waals surface area (Å²) in [5, 5.41) is 7.12. The second-order valence-electron chi connectivity index (χ2n) is 7.62. The van der Waals surface area contributed by atoms with E-state index in [2.05, 4.69) is 4.90 Å². The van der Waals surface area contributed by atoms with Crippen LogP contribution in [0.5, 0.6) is 0 Å². The first-order valence-electron chi connectivity index (χ1n) is 9.21. The molecule has 2 bridgehead atoms. The van der Waals surface area contributed by atoms with Gasteiger partial charge >= 0.3 is 12.1 Å². The molecule has 1 aliphatic carbocycles. The van der Waals surface area contributed by atoms with Gasteiger partial charge in [0.25, 0.3) is 0 Å². The Morgan fingerprint density at radius 2 is 1.79 bits per heavy atom. The number of fused-ring (bicyclic) bond motifs is 1.